The maximum atomic E-state index is 12.0. The van der Waals surface area contributed by atoms with Crippen LogP contribution in [0.3, 0.4) is 0 Å². The number of rotatable bonds is 5. The van der Waals surface area contributed by atoms with Gasteiger partial charge in [0.2, 0.25) is 0 Å². The van der Waals surface area contributed by atoms with E-state index in [0.717, 1.165) is 0 Å². The van der Waals surface area contributed by atoms with Gasteiger partial charge in [0.15, 0.2) is 0 Å². The average Bonchev–Trinajstić information content (AvgIpc) is 3.11. The first-order chi connectivity index (χ1) is 13.3. The maximum Gasteiger partial charge on any atom is 0.338 e. The molecule has 0 bridgehead atoms. The van der Waals surface area contributed by atoms with Gasteiger partial charge in [-0.2, -0.15) is 5.26 Å². The highest BCUT2D eigenvalue weighted by atomic mass is 16.4. The monoisotopic (exact) mass is 375 g/mol. The number of benzene rings is 1. The van der Waals surface area contributed by atoms with Gasteiger partial charge < -0.3 is 15.4 Å². The van der Waals surface area contributed by atoms with Crippen molar-refractivity contribution in [1.82, 2.24) is 15.0 Å². The minimum absolute atomic E-state index is 0.0459. The Morgan fingerprint density at radius 2 is 2.11 bits per heavy atom. The molecule has 2 aromatic heterocycles. The molecular weight excluding hydrogens is 358 g/mol. The standard InChI is InChI=1S/C20H17N5O3/c1-4-15-24-17(16-13(20(27)28)9-22-18(16)25-15)11-5-6-12(8-21)14(7-11)23-19(26)10(2)3/h5-7,9H,2,4H2,1,3H3,(H,23,26)(H,27,28)(H,22,24,25). The van der Waals surface area contributed by atoms with E-state index in [1.165, 1.54) is 6.20 Å². The van der Waals surface area contributed by atoms with Gasteiger partial charge in [-0.25, -0.2) is 14.8 Å². The van der Waals surface area contributed by atoms with E-state index in [1.807, 2.05) is 13.0 Å². The highest BCUT2D eigenvalue weighted by Crippen LogP contribution is 2.32. The fourth-order valence-corrected chi connectivity index (χ4v) is 2.74. The summed E-state index contributed by atoms with van der Waals surface area (Å²) in [7, 11) is 0. The summed E-state index contributed by atoms with van der Waals surface area (Å²) in [6, 6.07) is 6.84. The zero-order chi connectivity index (χ0) is 20.4. The largest absolute Gasteiger partial charge is 0.478 e. The van der Waals surface area contributed by atoms with Gasteiger partial charge >= 0.3 is 5.97 Å². The Hall–Kier alpha value is -3.99. The molecule has 0 saturated carbocycles. The van der Waals surface area contributed by atoms with Crippen LogP contribution in [-0.4, -0.2) is 31.9 Å². The molecule has 1 aromatic carbocycles. The molecule has 2 heterocycles. The molecular formula is C20H17N5O3. The number of carbonyl (C=O) groups excluding carboxylic acids is 1. The smallest absolute Gasteiger partial charge is 0.338 e. The quantitative estimate of drug-likeness (QED) is 0.586. The van der Waals surface area contributed by atoms with Gasteiger partial charge in [0.25, 0.3) is 5.91 Å². The summed E-state index contributed by atoms with van der Waals surface area (Å²) in [4.78, 5) is 35.4. The van der Waals surface area contributed by atoms with Crippen molar-refractivity contribution in [2.24, 2.45) is 0 Å². The van der Waals surface area contributed by atoms with Crippen LogP contribution in [0.1, 0.15) is 35.6 Å². The van der Waals surface area contributed by atoms with Crippen molar-refractivity contribution in [3.63, 3.8) is 0 Å². The van der Waals surface area contributed by atoms with Crippen LogP contribution < -0.4 is 5.32 Å². The van der Waals surface area contributed by atoms with Crippen LogP contribution in [0.4, 0.5) is 5.69 Å². The van der Waals surface area contributed by atoms with E-state index >= 15 is 0 Å². The van der Waals surface area contributed by atoms with Crippen LogP contribution in [0.25, 0.3) is 22.3 Å². The minimum Gasteiger partial charge on any atom is -0.478 e. The average molecular weight is 375 g/mol. The van der Waals surface area contributed by atoms with E-state index < -0.39 is 11.9 Å². The summed E-state index contributed by atoms with van der Waals surface area (Å²) in [6.45, 7) is 7.04. The van der Waals surface area contributed by atoms with Crippen LogP contribution in [0.2, 0.25) is 0 Å². The molecule has 0 aliphatic heterocycles. The van der Waals surface area contributed by atoms with Crippen LogP contribution in [0.15, 0.2) is 36.5 Å². The molecule has 8 nitrogen and oxygen atoms in total. The van der Waals surface area contributed by atoms with Gasteiger partial charge in [-0.15, -0.1) is 0 Å². The van der Waals surface area contributed by atoms with Crippen molar-refractivity contribution in [3.8, 4) is 17.3 Å². The number of anilines is 1. The van der Waals surface area contributed by atoms with Crippen molar-refractivity contribution in [1.29, 1.82) is 5.26 Å². The van der Waals surface area contributed by atoms with E-state index in [-0.39, 0.29) is 11.1 Å². The molecule has 0 radical (unpaired) electrons. The third-order valence-electron chi connectivity index (χ3n) is 4.17. The van der Waals surface area contributed by atoms with Crippen LogP contribution in [-0.2, 0) is 11.2 Å². The molecule has 3 N–H and O–H groups in total. The predicted molar refractivity (Wildman–Crippen MR) is 104 cm³/mol. The molecule has 0 saturated heterocycles. The molecule has 0 aliphatic carbocycles. The molecule has 0 aliphatic rings. The lowest BCUT2D eigenvalue weighted by Gasteiger charge is -2.11. The molecule has 3 rings (SSSR count). The Morgan fingerprint density at radius 3 is 2.71 bits per heavy atom. The fraction of sp³-hybridized carbons (Fsp3) is 0.150. The van der Waals surface area contributed by atoms with Crippen LogP contribution in [0.5, 0.6) is 0 Å². The number of nitriles is 1. The summed E-state index contributed by atoms with van der Waals surface area (Å²) in [5.41, 5.74) is 2.29. The number of aromatic carboxylic acids is 1. The van der Waals surface area contributed by atoms with E-state index in [2.05, 4.69) is 26.8 Å². The SMILES string of the molecule is C=C(C)C(=O)Nc1cc(-c2nc(CC)nc3[nH]cc(C(=O)O)c23)ccc1C#N. The summed E-state index contributed by atoms with van der Waals surface area (Å²) in [5.74, 6) is -0.980. The van der Waals surface area contributed by atoms with Gasteiger partial charge in [-0.05, 0) is 19.1 Å². The van der Waals surface area contributed by atoms with Crippen molar-refractivity contribution in [2.75, 3.05) is 5.32 Å². The third kappa shape index (κ3) is 3.33. The number of aromatic amines is 1. The topological polar surface area (TPSA) is 132 Å². The number of carboxylic acid groups (broad SMARTS) is 1. The lowest BCUT2D eigenvalue weighted by Crippen LogP contribution is -2.13. The van der Waals surface area contributed by atoms with Crippen LogP contribution in [0, 0.1) is 11.3 Å². The summed E-state index contributed by atoms with van der Waals surface area (Å²) >= 11 is 0. The number of aromatic nitrogens is 3. The van der Waals surface area contributed by atoms with E-state index in [4.69, 9.17) is 0 Å². The summed E-state index contributed by atoms with van der Waals surface area (Å²) in [6.07, 6.45) is 1.93. The summed E-state index contributed by atoms with van der Waals surface area (Å²) < 4.78 is 0. The Labute approximate surface area is 160 Å². The number of H-pyrrole nitrogens is 1. The number of nitrogens with zero attached hydrogens (tertiary/aromatic N) is 3. The normalized spacial score (nSPS) is 10.5. The number of carbonyl (C=O) groups is 2. The molecule has 8 heteroatoms. The Bertz CT molecular complexity index is 1170. The van der Waals surface area contributed by atoms with Crippen molar-refractivity contribution >= 4 is 28.6 Å². The van der Waals surface area contributed by atoms with Crippen molar-refractivity contribution in [2.45, 2.75) is 20.3 Å². The second-order valence-corrected chi connectivity index (χ2v) is 6.18. The molecule has 0 spiro atoms. The fourth-order valence-electron chi connectivity index (χ4n) is 2.74. The van der Waals surface area contributed by atoms with Gasteiger partial charge in [0.05, 0.1) is 27.9 Å². The Kier molecular flexibility index (Phi) is 4.92. The molecule has 3 aromatic rings. The molecule has 0 unspecified atom stereocenters. The van der Waals surface area contributed by atoms with Crippen molar-refractivity contribution in [3.05, 3.63) is 53.5 Å². The first kappa shape index (κ1) is 18.8. The van der Waals surface area contributed by atoms with E-state index in [9.17, 15) is 20.0 Å². The second kappa shape index (κ2) is 7.32. The second-order valence-electron chi connectivity index (χ2n) is 6.18. The maximum absolute atomic E-state index is 12.0. The number of hydrogen-bond donors (Lipinski definition) is 3. The number of nitrogens with one attached hydrogen (secondary N) is 2. The molecule has 0 fully saturated rings. The first-order valence-electron chi connectivity index (χ1n) is 8.48. The lowest BCUT2D eigenvalue weighted by atomic mass is 10.0. The Morgan fingerprint density at radius 1 is 1.36 bits per heavy atom. The molecule has 1 amide bonds. The summed E-state index contributed by atoms with van der Waals surface area (Å²) in [5, 5.41) is 21.9. The van der Waals surface area contributed by atoms with Gasteiger partial charge in [0.1, 0.15) is 17.5 Å². The Balaban J connectivity index is 2.25. The highest BCUT2D eigenvalue weighted by molar-refractivity contribution is 6.08. The number of aryl methyl sites for hydroxylation is 1. The lowest BCUT2D eigenvalue weighted by molar-refractivity contribution is -0.112. The van der Waals surface area contributed by atoms with Gasteiger partial charge in [-0.3, -0.25) is 4.79 Å². The highest BCUT2D eigenvalue weighted by Gasteiger charge is 2.20. The van der Waals surface area contributed by atoms with Crippen LogP contribution >= 0.6 is 0 Å². The van der Waals surface area contributed by atoms with Gasteiger partial charge in [-0.1, -0.05) is 19.6 Å². The number of fused-ring (bicyclic) bond motifs is 1. The zero-order valence-corrected chi connectivity index (χ0v) is 15.3. The zero-order valence-electron chi connectivity index (χ0n) is 15.3. The third-order valence-corrected chi connectivity index (χ3v) is 4.17. The molecule has 140 valence electrons. The number of hydrogen-bond acceptors (Lipinski definition) is 5. The molecule has 0 atom stereocenters. The van der Waals surface area contributed by atoms with E-state index in [0.29, 0.717) is 45.8 Å². The predicted octanol–water partition coefficient (Wildman–Crippen LogP) is 3.27. The first-order valence-corrected chi connectivity index (χ1v) is 8.48. The number of amides is 1. The molecule has 28 heavy (non-hydrogen) atoms. The van der Waals surface area contributed by atoms with E-state index in [1.54, 1.807) is 25.1 Å². The minimum atomic E-state index is -1.11. The van der Waals surface area contributed by atoms with Crippen molar-refractivity contribution < 1.29 is 14.7 Å². The number of carboxylic acids is 1. The van der Waals surface area contributed by atoms with Gasteiger partial charge in [0, 0.05) is 23.8 Å².